The monoisotopic (exact) mass is 998 g/mol. The lowest BCUT2D eigenvalue weighted by molar-refractivity contribution is 0.0600. The maximum atomic E-state index is 15.8. The summed E-state index contributed by atoms with van der Waals surface area (Å²) in [6, 6.07) is 11.0. The molecule has 3 aromatic carbocycles. The number of fused-ring (bicyclic) bond motifs is 9. The van der Waals surface area contributed by atoms with Gasteiger partial charge in [-0.25, -0.2) is 53.7 Å². The molecule has 0 unspecified atom stereocenters. The van der Waals surface area contributed by atoms with E-state index in [9.17, 15) is 31.1 Å². The van der Waals surface area contributed by atoms with Crippen LogP contribution in [-0.2, 0) is 4.74 Å². The number of hydrogen-bond acceptors (Lipinski definition) is 3. The van der Waals surface area contributed by atoms with E-state index < -0.39 is 86.4 Å². The minimum Gasteiger partial charge on any atom is -0.465 e. The number of aromatic amines is 3. The third-order valence-electron chi connectivity index (χ3n) is 9.31. The number of aromatic nitrogens is 4. The van der Waals surface area contributed by atoms with Gasteiger partial charge in [-0.3, -0.25) is 0 Å². The van der Waals surface area contributed by atoms with Crippen molar-refractivity contribution in [3.8, 4) is 33.4 Å². The highest BCUT2D eigenvalue weighted by Gasteiger charge is 2.32. The second-order valence-corrected chi connectivity index (χ2v) is 14.9. The van der Waals surface area contributed by atoms with E-state index in [0.717, 1.165) is 7.11 Å². The summed E-state index contributed by atoms with van der Waals surface area (Å²) in [5.41, 5.74) is -4.22. The van der Waals surface area contributed by atoms with Crippen LogP contribution in [0.2, 0.25) is 0 Å². The average molecular weight is 1000 g/mol. The molecule has 294 valence electrons. The summed E-state index contributed by atoms with van der Waals surface area (Å²) in [5.74, 6) is -23.1. The maximum Gasteiger partial charge on any atom is 0.337 e. The Morgan fingerprint density at radius 3 is 1.41 bits per heavy atom. The summed E-state index contributed by atoms with van der Waals surface area (Å²) < 4.78 is 156. The van der Waals surface area contributed by atoms with Crippen molar-refractivity contribution in [1.82, 2.24) is 19.9 Å². The van der Waals surface area contributed by atoms with Crippen LogP contribution in [0.4, 0.5) is 43.9 Å². The molecule has 7 aromatic rings. The normalized spacial score (nSPS) is 12.1. The molecule has 0 saturated heterocycles. The molecule has 0 amide bonds. The number of benzene rings is 3. The summed E-state index contributed by atoms with van der Waals surface area (Å²) in [4.78, 5) is 25.5. The molecule has 58 heavy (non-hydrogen) atoms. The van der Waals surface area contributed by atoms with Gasteiger partial charge in [-0.15, -0.1) is 0 Å². The van der Waals surface area contributed by atoms with Gasteiger partial charge >= 0.3 is 5.97 Å². The third kappa shape index (κ3) is 5.95. The zero-order chi connectivity index (χ0) is 41.6. The number of nitrogens with one attached hydrogen (secondary N) is 3. The summed E-state index contributed by atoms with van der Waals surface area (Å²) >= 11 is 9.95. The first kappa shape index (κ1) is 39.4. The van der Waals surface area contributed by atoms with Crippen LogP contribution in [0, 0.1) is 58.2 Å². The lowest BCUT2D eigenvalue weighted by atomic mass is 10.0. The lowest BCUT2D eigenvalue weighted by Gasteiger charge is -2.11. The molecule has 0 saturated carbocycles. The number of carbonyl (C=O) groups is 1. The number of ether oxygens (including phenoxy) is 1. The van der Waals surface area contributed by atoms with Crippen LogP contribution in [0.25, 0.3) is 77.0 Å². The zero-order valence-electron chi connectivity index (χ0n) is 28.4. The van der Waals surface area contributed by atoms with Gasteiger partial charge in [-0.05, 0) is 95.8 Å². The lowest BCUT2D eigenvalue weighted by Crippen LogP contribution is -2.05. The summed E-state index contributed by atoms with van der Waals surface area (Å²) in [5, 5.41) is 0. The van der Waals surface area contributed by atoms with Gasteiger partial charge in [0.05, 0.1) is 55.2 Å². The van der Waals surface area contributed by atoms with E-state index in [4.69, 9.17) is 4.74 Å². The van der Waals surface area contributed by atoms with E-state index >= 15 is 17.6 Å². The van der Waals surface area contributed by atoms with Crippen LogP contribution in [-0.4, -0.2) is 33.0 Å². The van der Waals surface area contributed by atoms with Crippen LogP contribution in [0.5, 0.6) is 0 Å². The fraction of sp³-hybridized carbons (Fsp3) is 0.0256. The molecular formula is C39H15Br3F10N4O2. The van der Waals surface area contributed by atoms with Gasteiger partial charge in [-0.1, -0.05) is 12.1 Å². The van der Waals surface area contributed by atoms with Crippen molar-refractivity contribution >= 4 is 97.4 Å². The van der Waals surface area contributed by atoms with Gasteiger partial charge < -0.3 is 19.7 Å². The number of methoxy groups -OCH3 is 1. The molecule has 0 fully saturated rings. The van der Waals surface area contributed by atoms with Gasteiger partial charge in [0.2, 0.25) is 11.6 Å². The molecule has 0 radical (unpaired) electrons. The smallest absolute Gasteiger partial charge is 0.337 e. The number of rotatable bonds is 4. The molecule has 4 aromatic heterocycles. The number of hydrogen-bond donors (Lipinski definition) is 3. The Balaban J connectivity index is 1.64. The van der Waals surface area contributed by atoms with Gasteiger partial charge in [-0.2, -0.15) is 0 Å². The van der Waals surface area contributed by atoms with E-state index in [1.165, 1.54) is 54.6 Å². The Hall–Kier alpha value is -5.40. The highest BCUT2D eigenvalue weighted by atomic mass is 79.9. The topological polar surface area (TPSA) is 86.6 Å². The quantitative estimate of drug-likeness (QED) is 0.0711. The molecule has 3 N–H and O–H groups in total. The Morgan fingerprint density at radius 1 is 0.517 bits per heavy atom. The van der Waals surface area contributed by atoms with E-state index in [1.54, 1.807) is 0 Å². The van der Waals surface area contributed by atoms with Crippen molar-refractivity contribution < 1.29 is 53.4 Å². The molecular weight excluding hydrogens is 986 g/mol. The minimum absolute atomic E-state index is 0.0240. The molecule has 5 heterocycles. The fourth-order valence-corrected chi connectivity index (χ4v) is 8.14. The van der Waals surface area contributed by atoms with Crippen molar-refractivity contribution in [2.45, 2.75) is 0 Å². The minimum atomic E-state index is -2.40. The average Bonchev–Trinajstić information content (AvgIpc) is 4.03. The highest BCUT2D eigenvalue weighted by Crippen LogP contribution is 2.46. The Labute approximate surface area is 342 Å². The molecule has 0 spiro atoms. The predicted octanol–water partition coefficient (Wildman–Crippen LogP) is 13.1. The first-order chi connectivity index (χ1) is 27.5. The van der Waals surface area contributed by atoms with E-state index in [2.05, 4.69) is 67.7 Å². The number of carbonyl (C=O) groups excluding carboxylic acids is 1. The van der Waals surface area contributed by atoms with Crippen molar-refractivity contribution in [3.05, 3.63) is 133 Å². The zero-order valence-corrected chi connectivity index (χ0v) is 33.1. The van der Waals surface area contributed by atoms with Gasteiger partial charge in [0.25, 0.3) is 0 Å². The first-order valence-corrected chi connectivity index (χ1v) is 18.6. The predicted molar refractivity (Wildman–Crippen MR) is 206 cm³/mol. The number of nitrogens with zero attached hydrogens (tertiary/aromatic N) is 1. The Kier molecular flexibility index (Phi) is 9.83. The van der Waals surface area contributed by atoms with Crippen LogP contribution in [0.1, 0.15) is 21.7 Å². The molecule has 8 bridgehead atoms. The second kappa shape index (κ2) is 14.5. The van der Waals surface area contributed by atoms with Gasteiger partial charge in [0.15, 0.2) is 46.5 Å². The Bertz CT molecular complexity index is 3060. The summed E-state index contributed by atoms with van der Waals surface area (Å²) in [7, 11) is 1.16. The second-order valence-electron chi connectivity index (χ2n) is 12.5. The summed E-state index contributed by atoms with van der Waals surface area (Å²) in [6.07, 6.45) is 1.29. The van der Waals surface area contributed by atoms with Gasteiger partial charge in [0.1, 0.15) is 0 Å². The molecule has 6 nitrogen and oxygen atoms in total. The van der Waals surface area contributed by atoms with Crippen LogP contribution >= 0.6 is 47.8 Å². The largest absolute Gasteiger partial charge is 0.465 e. The summed E-state index contributed by atoms with van der Waals surface area (Å²) in [6.45, 7) is 0. The molecule has 1 aliphatic rings. The van der Waals surface area contributed by atoms with E-state index in [-0.39, 0.29) is 69.0 Å². The molecule has 0 atom stereocenters. The van der Waals surface area contributed by atoms with Crippen LogP contribution in [0.3, 0.4) is 0 Å². The highest BCUT2D eigenvalue weighted by molar-refractivity contribution is 9.15. The van der Waals surface area contributed by atoms with Crippen molar-refractivity contribution in [3.63, 3.8) is 0 Å². The van der Waals surface area contributed by atoms with Crippen molar-refractivity contribution in [1.29, 1.82) is 0 Å². The fourth-order valence-electron chi connectivity index (χ4n) is 6.65. The molecule has 8 rings (SSSR count). The van der Waals surface area contributed by atoms with Gasteiger partial charge in [0, 0.05) is 43.2 Å². The van der Waals surface area contributed by atoms with E-state index in [0.29, 0.717) is 5.56 Å². The first-order valence-electron chi connectivity index (χ1n) is 16.2. The SMILES string of the molecule is COC(=O)c1ccc(-c2c3ccc([nH]3)c(-c3c(F)c(F)c(F)c(F)c3F)c3nc(c4[nH]c(c(Br)c4Br)c(-c4c(F)c(F)c(F)c(F)c4F)c4ccc2[nH]4)C=C3Br)cc1. The molecule has 0 aliphatic carbocycles. The van der Waals surface area contributed by atoms with E-state index in [1.807, 2.05) is 0 Å². The van der Waals surface area contributed by atoms with Crippen molar-refractivity contribution in [2.75, 3.05) is 7.11 Å². The maximum absolute atomic E-state index is 15.8. The number of H-pyrrole nitrogens is 3. The Morgan fingerprint density at radius 2 is 0.931 bits per heavy atom. The number of esters is 1. The standard InChI is InChI=1S/C39H15Br3F10N4O2/c1-58-39(57)12-4-2-11(3-5-12)19-14-6-8-16(53-14)20(22-26(43)30(47)34(51)31(48)27(22)44)36-13(40)10-18(55-36)37-24(41)25(42)38(56-37)21(17-9-7-15(19)54-17)23-28(45)32(49)35(52)33(50)29(23)46/h2-10,53-54,56H,1H3. The van der Waals surface area contributed by atoms with Crippen LogP contribution < -0.4 is 0 Å². The van der Waals surface area contributed by atoms with Crippen molar-refractivity contribution in [2.24, 2.45) is 0 Å². The number of halogens is 13. The molecule has 1 aliphatic heterocycles. The third-order valence-corrected chi connectivity index (χ3v) is 12.0. The molecule has 19 heteroatoms. The van der Waals surface area contributed by atoms with Crippen LogP contribution in [0.15, 0.2) is 57.5 Å².